The molecule has 1 saturated heterocycles. The molecule has 0 spiro atoms. The van der Waals surface area contributed by atoms with Crippen molar-refractivity contribution in [2.24, 2.45) is 5.92 Å². The molecule has 1 unspecified atom stereocenters. The number of carbonyl (C=O) groups is 3. The minimum Gasteiger partial charge on any atom is -0.493 e. The van der Waals surface area contributed by atoms with Crippen molar-refractivity contribution in [3.05, 3.63) is 59.2 Å². The van der Waals surface area contributed by atoms with E-state index in [0.29, 0.717) is 30.0 Å². The molecule has 4 rings (SSSR count). The quantitative estimate of drug-likeness (QED) is 0.520. The number of nitrogens with one attached hydrogen (secondary N) is 2. The molecular weight excluding hydrogens is 490 g/mol. The Morgan fingerprint density at radius 1 is 1.08 bits per heavy atom. The Morgan fingerprint density at radius 2 is 1.78 bits per heavy atom. The topological polar surface area (TPSA) is 97.0 Å². The zero-order valence-corrected chi connectivity index (χ0v) is 23.0. The van der Waals surface area contributed by atoms with Crippen molar-refractivity contribution in [1.29, 1.82) is 0 Å². The van der Waals surface area contributed by atoms with Crippen LogP contribution in [0.5, 0.6) is 11.5 Å². The van der Waals surface area contributed by atoms with Crippen LogP contribution in [0.1, 0.15) is 54.6 Å². The highest BCUT2D eigenvalue weighted by Crippen LogP contribution is 2.56. The van der Waals surface area contributed by atoms with Gasteiger partial charge in [0.15, 0.2) is 11.5 Å². The Kier molecular flexibility index (Phi) is 7.73. The number of methoxy groups -OCH3 is 2. The van der Waals surface area contributed by atoms with Crippen LogP contribution in [0, 0.1) is 5.92 Å². The number of hydrogen-bond acceptors (Lipinski definition) is 6. The Bertz CT molecular complexity index is 1200. The van der Waals surface area contributed by atoms with Gasteiger partial charge in [0.05, 0.1) is 14.2 Å². The average Bonchev–Trinajstić information content (AvgIpc) is 3.30. The monoisotopic (exact) mass is 525 g/mol. The lowest BCUT2D eigenvalue weighted by Gasteiger charge is -2.32. The van der Waals surface area contributed by atoms with E-state index in [2.05, 4.69) is 10.6 Å². The minimum absolute atomic E-state index is 0.135. The summed E-state index contributed by atoms with van der Waals surface area (Å²) in [4.78, 5) is 41.7. The fourth-order valence-electron chi connectivity index (χ4n) is 5.05. The van der Waals surface area contributed by atoms with Crippen molar-refractivity contribution in [2.45, 2.75) is 56.3 Å². The number of amides is 3. The second-order valence-electron chi connectivity index (χ2n) is 10.2. The molecule has 8 nitrogen and oxygen atoms in total. The van der Waals surface area contributed by atoms with E-state index in [1.165, 1.54) is 0 Å². The SMILES string of the molecule is COc1ccc(CCNC(=O)[C@@H](NC(=O)[C@H]2N3C(=O)c4ccccc4C3SC2(C)C)C(C)C)cc1OC. The molecule has 198 valence electrons. The molecule has 0 bridgehead atoms. The normalized spacial score (nSPS) is 20.3. The van der Waals surface area contributed by atoms with Crippen molar-refractivity contribution in [2.75, 3.05) is 20.8 Å². The van der Waals surface area contributed by atoms with Gasteiger partial charge in [-0.1, -0.05) is 38.1 Å². The van der Waals surface area contributed by atoms with Crippen LogP contribution in [0.25, 0.3) is 0 Å². The van der Waals surface area contributed by atoms with Crippen LogP contribution < -0.4 is 20.1 Å². The molecule has 37 heavy (non-hydrogen) atoms. The summed E-state index contributed by atoms with van der Waals surface area (Å²) in [6, 6.07) is 11.7. The summed E-state index contributed by atoms with van der Waals surface area (Å²) in [5.74, 6) is 0.443. The first-order valence-corrected chi connectivity index (χ1v) is 13.4. The molecule has 2 heterocycles. The lowest BCUT2D eigenvalue weighted by molar-refractivity contribution is -0.132. The third kappa shape index (κ3) is 5.14. The zero-order chi connectivity index (χ0) is 26.9. The average molecular weight is 526 g/mol. The van der Waals surface area contributed by atoms with Gasteiger partial charge in [-0.05, 0) is 55.5 Å². The Morgan fingerprint density at radius 3 is 2.46 bits per heavy atom. The van der Waals surface area contributed by atoms with Crippen molar-refractivity contribution < 1.29 is 23.9 Å². The molecule has 1 fully saturated rings. The third-order valence-corrected chi connectivity index (χ3v) is 8.49. The Labute approximate surface area is 222 Å². The standard InChI is InChI=1S/C28H35N3O5S/c1-16(2)22(24(32)29-14-13-17-11-12-20(35-5)21(15-17)36-6)30-25(33)23-28(3,4)37-27-19-10-8-7-9-18(19)26(34)31(23)27/h7-12,15-16,22-23,27H,13-14H2,1-6H3,(H,29,32)(H,30,33)/t22-,23+,27?/m0/s1. The molecule has 0 aromatic heterocycles. The van der Waals surface area contributed by atoms with E-state index in [0.717, 1.165) is 11.1 Å². The van der Waals surface area contributed by atoms with Crippen LogP contribution in [0.15, 0.2) is 42.5 Å². The van der Waals surface area contributed by atoms with Gasteiger partial charge in [0, 0.05) is 16.9 Å². The first kappa shape index (κ1) is 26.9. The van der Waals surface area contributed by atoms with E-state index >= 15 is 0 Å². The van der Waals surface area contributed by atoms with Crippen molar-refractivity contribution >= 4 is 29.5 Å². The summed E-state index contributed by atoms with van der Waals surface area (Å²) in [7, 11) is 3.17. The van der Waals surface area contributed by atoms with Crippen molar-refractivity contribution in [3.63, 3.8) is 0 Å². The van der Waals surface area contributed by atoms with Crippen LogP contribution in [0.3, 0.4) is 0 Å². The molecule has 2 aliphatic heterocycles. The van der Waals surface area contributed by atoms with E-state index in [1.807, 2.05) is 64.1 Å². The maximum absolute atomic E-state index is 13.6. The summed E-state index contributed by atoms with van der Waals surface area (Å²) in [6.07, 6.45) is 0.597. The predicted octanol–water partition coefficient (Wildman–Crippen LogP) is 3.55. The van der Waals surface area contributed by atoms with Crippen molar-refractivity contribution in [3.8, 4) is 11.5 Å². The fourth-order valence-corrected chi connectivity index (χ4v) is 6.64. The largest absolute Gasteiger partial charge is 0.493 e. The van der Waals surface area contributed by atoms with Gasteiger partial charge in [0.25, 0.3) is 5.91 Å². The van der Waals surface area contributed by atoms with E-state index in [1.54, 1.807) is 36.9 Å². The minimum atomic E-state index is -0.724. The summed E-state index contributed by atoms with van der Waals surface area (Å²) >= 11 is 1.61. The Balaban J connectivity index is 1.42. The first-order valence-electron chi connectivity index (χ1n) is 12.5. The number of fused-ring (bicyclic) bond motifs is 3. The number of hydrogen-bond donors (Lipinski definition) is 2. The van der Waals surface area contributed by atoms with Crippen LogP contribution in [0.4, 0.5) is 0 Å². The maximum Gasteiger partial charge on any atom is 0.256 e. The van der Waals surface area contributed by atoms with Crippen LogP contribution >= 0.6 is 11.8 Å². The first-order chi connectivity index (χ1) is 17.6. The molecule has 9 heteroatoms. The van der Waals surface area contributed by atoms with E-state index in [4.69, 9.17) is 9.47 Å². The molecule has 3 atom stereocenters. The summed E-state index contributed by atoms with van der Waals surface area (Å²) in [5, 5.41) is 5.71. The molecule has 2 N–H and O–H groups in total. The van der Waals surface area contributed by atoms with E-state index in [-0.39, 0.29) is 29.0 Å². The molecule has 2 aromatic rings. The summed E-state index contributed by atoms with van der Waals surface area (Å²) < 4.78 is 10.1. The molecule has 2 aromatic carbocycles. The smallest absolute Gasteiger partial charge is 0.256 e. The van der Waals surface area contributed by atoms with Crippen LogP contribution in [0.2, 0.25) is 0 Å². The lowest BCUT2D eigenvalue weighted by Crippen LogP contribution is -2.58. The van der Waals surface area contributed by atoms with E-state index in [9.17, 15) is 14.4 Å². The highest BCUT2D eigenvalue weighted by molar-refractivity contribution is 8.01. The Hall–Kier alpha value is -3.20. The number of rotatable bonds is 9. The highest BCUT2D eigenvalue weighted by atomic mass is 32.2. The summed E-state index contributed by atoms with van der Waals surface area (Å²) in [5.41, 5.74) is 2.57. The van der Waals surface area contributed by atoms with Gasteiger partial charge in [-0.3, -0.25) is 14.4 Å². The zero-order valence-electron chi connectivity index (χ0n) is 22.2. The number of carbonyl (C=O) groups excluding carboxylic acids is 3. The third-order valence-electron chi connectivity index (χ3n) is 6.95. The fraction of sp³-hybridized carbons (Fsp3) is 0.464. The molecule has 2 aliphatic rings. The number of thioether (sulfide) groups is 1. The van der Waals surface area contributed by atoms with Crippen LogP contribution in [-0.2, 0) is 16.0 Å². The lowest BCUT2D eigenvalue weighted by atomic mass is 9.98. The van der Waals surface area contributed by atoms with Crippen molar-refractivity contribution in [1.82, 2.24) is 15.5 Å². The van der Waals surface area contributed by atoms with Gasteiger partial charge in [0.2, 0.25) is 11.8 Å². The van der Waals surface area contributed by atoms with Gasteiger partial charge in [-0.25, -0.2) is 0 Å². The summed E-state index contributed by atoms with van der Waals surface area (Å²) in [6.45, 7) is 8.15. The van der Waals surface area contributed by atoms with E-state index < -0.39 is 16.8 Å². The van der Waals surface area contributed by atoms with Gasteiger partial charge >= 0.3 is 0 Å². The van der Waals surface area contributed by atoms with Gasteiger partial charge in [-0.2, -0.15) is 0 Å². The number of benzene rings is 2. The van der Waals surface area contributed by atoms with Gasteiger partial charge in [-0.15, -0.1) is 11.8 Å². The highest BCUT2D eigenvalue weighted by Gasteiger charge is 2.57. The van der Waals surface area contributed by atoms with Gasteiger partial charge in [0.1, 0.15) is 17.5 Å². The van der Waals surface area contributed by atoms with Crippen LogP contribution in [-0.4, -0.2) is 60.2 Å². The molecule has 0 radical (unpaired) electrons. The van der Waals surface area contributed by atoms with Gasteiger partial charge < -0.3 is 25.0 Å². The predicted molar refractivity (Wildman–Crippen MR) is 144 cm³/mol. The number of nitrogens with zero attached hydrogens (tertiary/aromatic N) is 1. The maximum atomic E-state index is 13.6. The molecule has 3 amide bonds. The second kappa shape index (κ2) is 10.7. The molecule has 0 saturated carbocycles. The number of ether oxygens (including phenoxy) is 2. The molecular formula is C28H35N3O5S. The molecule has 0 aliphatic carbocycles. The second-order valence-corrected chi connectivity index (χ2v) is 12.0.